The number of amides is 1. The van der Waals surface area contributed by atoms with Gasteiger partial charge in [-0.3, -0.25) is 9.69 Å². The molecule has 0 bridgehead atoms. The summed E-state index contributed by atoms with van der Waals surface area (Å²) in [6, 6.07) is 5.65. The first-order valence-corrected chi connectivity index (χ1v) is 11.4. The molecule has 2 aliphatic heterocycles. The number of hydrogen-bond donors (Lipinski definition) is 0. The van der Waals surface area contributed by atoms with Crippen molar-refractivity contribution in [3.05, 3.63) is 29.8 Å². The van der Waals surface area contributed by atoms with Gasteiger partial charge in [-0.05, 0) is 62.4 Å². The molecule has 2 saturated heterocycles. The summed E-state index contributed by atoms with van der Waals surface area (Å²) in [6.45, 7) is 6.20. The molecule has 8 heteroatoms. The van der Waals surface area contributed by atoms with E-state index in [0.717, 1.165) is 57.4 Å². The standard InChI is InChI=1S/C20H28F2N2O3S/c1-15-6-12-24(13-7-15)19(25)17-8-10-23(11-9-17)14-16-2-4-18(5-3-16)28(26,27)20(21)22/h2-5,15,17,20H,6-14H2,1H3. The van der Waals surface area contributed by atoms with E-state index in [0.29, 0.717) is 12.5 Å². The maximum absolute atomic E-state index is 12.7. The Morgan fingerprint density at radius 3 is 2.14 bits per heavy atom. The molecule has 1 aromatic rings. The summed E-state index contributed by atoms with van der Waals surface area (Å²) < 4.78 is 48.2. The summed E-state index contributed by atoms with van der Waals surface area (Å²) in [7, 11) is -4.55. The number of nitrogens with zero attached hydrogens (tertiary/aromatic N) is 2. The zero-order chi connectivity index (χ0) is 20.3. The van der Waals surface area contributed by atoms with Crippen molar-refractivity contribution in [1.29, 1.82) is 0 Å². The van der Waals surface area contributed by atoms with Crippen molar-refractivity contribution in [3.8, 4) is 0 Å². The highest BCUT2D eigenvalue weighted by Gasteiger charge is 2.30. The van der Waals surface area contributed by atoms with Gasteiger partial charge in [-0.15, -0.1) is 0 Å². The van der Waals surface area contributed by atoms with Gasteiger partial charge in [0.05, 0.1) is 4.90 Å². The number of carbonyl (C=O) groups is 1. The molecule has 2 heterocycles. The molecule has 0 unspecified atom stereocenters. The molecule has 0 spiro atoms. The lowest BCUT2D eigenvalue weighted by molar-refractivity contribution is -0.138. The molecule has 0 aliphatic carbocycles. The number of likely N-dealkylation sites (tertiary alicyclic amines) is 2. The van der Waals surface area contributed by atoms with Crippen LogP contribution in [0.25, 0.3) is 0 Å². The largest absolute Gasteiger partial charge is 0.342 e. The molecule has 0 atom stereocenters. The fraction of sp³-hybridized carbons (Fsp3) is 0.650. The maximum atomic E-state index is 12.7. The Bertz CT molecular complexity index is 767. The van der Waals surface area contributed by atoms with Gasteiger partial charge in [0, 0.05) is 25.6 Å². The molecule has 0 radical (unpaired) electrons. The van der Waals surface area contributed by atoms with E-state index in [2.05, 4.69) is 11.8 Å². The van der Waals surface area contributed by atoms with Crippen LogP contribution in [0.4, 0.5) is 8.78 Å². The Kier molecular flexibility index (Phi) is 6.70. The number of sulfone groups is 1. The van der Waals surface area contributed by atoms with Crippen LogP contribution in [0.3, 0.4) is 0 Å². The third kappa shape index (κ3) is 4.89. The summed E-state index contributed by atoms with van der Waals surface area (Å²) in [6.07, 6.45) is 3.81. The zero-order valence-corrected chi connectivity index (χ0v) is 17.0. The van der Waals surface area contributed by atoms with Crippen LogP contribution >= 0.6 is 0 Å². The highest BCUT2D eigenvalue weighted by Crippen LogP contribution is 2.25. The first-order valence-electron chi connectivity index (χ1n) is 9.89. The predicted octanol–water partition coefficient (Wildman–Crippen LogP) is 3.15. The molecule has 5 nitrogen and oxygen atoms in total. The average Bonchev–Trinajstić information content (AvgIpc) is 2.69. The molecule has 2 fully saturated rings. The first kappa shape index (κ1) is 21.2. The quantitative estimate of drug-likeness (QED) is 0.743. The van der Waals surface area contributed by atoms with Gasteiger partial charge in [0.15, 0.2) is 0 Å². The normalized spacial score (nSPS) is 20.6. The minimum Gasteiger partial charge on any atom is -0.342 e. The molecular weight excluding hydrogens is 386 g/mol. The minimum atomic E-state index is -4.55. The highest BCUT2D eigenvalue weighted by atomic mass is 32.2. The molecule has 28 heavy (non-hydrogen) atoms. The number of carbonyl (C=O) groups excluding carboxylic acids is 1. The number of rotatable bonds is 5. The van der Waals surface area contributed by atoms with Gasteiger partial charge in [0.25, 0.3) is 0 Å². The lowest BCUT2D eigenvalue weighted by Crippen LogP contribution is -2.45. The van der Waals surface area contributed by atoms with Crippen LogP contribution in [-0.2, 0) is 21.2 Å². The molecule has 1 amide bonds. The number of hydrogen-bond acceptors (Lipinski definition) is 4. The Morgan fingerprint density at radius 1 is 1.04 bits per heavy atom. The van der Waals surface area contributed by atoms with Crippen molar-refractivity contribution in [1.82, 2.24) is 9.80 Å². The fourth-order valence-corrected chi connectivity index (χ4v) is 4.69. The smallest absolute Gasteiger partial charge is 0.341 e. The predicted molar refractivity (Wildman–Crippen MR) is 103 cm³/mol. The van der Waals surface area contributed by atoms with Gasteiger partial charge in [-0.1, -0.05) is 19.1 Å². The number of benzene rings is 1. The minimum absolute atomic E-state index is 0.0863. The topological polar surface area (TPSA) is 57.7 Å². The molecule has 0 saturated carbocycles. The van der Waals surface area contributed by atoms with Crippen molar-refractivity contribution in [3.63, 3.8) is 0 Å². The number of halogens is 2. The lowest BCUT2D eigenvalue weighted by Gasteiger charge is -2.36. The molecule has 0 aromatic heterocycles. The summed E-state index contributed by atoms with van der Waals surface area (Å²) in [5.74, 6) is -2.33. The lowest BCUT2D eigenvalue weighted by atomic mass is 9.92. The van der Waals surface area contributed by atoms with Gasteiger partial charge >= 0.3 is 5.76 Å². The molecule has 3 rings (SSSR count). The third-order valence-electron chi connectivity index (χ3n) is 5.92. The average molecular weight is 415 g/mol. The molecular formula is C20H28F2N2O3S. The summed E-state index contributed by atoms with van der Waals surface area (Å²) in [5.41, 5.74) is 0.878. The number of piperidine rings is 2. The Hall–Kier alpha value is -1.54. The Morgan fingerprint density at radius 2 is 1.61 bits per heavy atom. The van der Waals surface area contributed by atoms with Crippen molar-refractivity contribution < 1.29 is 22.0 Å². The van der Waals surface area contributed by atoms with Gasteiger partial charge < -0.3 is 4.90 Å². The van der Waals surface area contributed by atoms with E-state index in [1.807, 2.05) is 4.90 Å². The van der Waals surface area contributed by atoms with E-state index in [-0.39, 0.29) is 16.7 Å². The molecule has 156 valence electrons. The van der Waals surface area contributed by atoms with Crippen LogP contribution in [0.1, 0.15) is 38.2 Å². The van der Waals surface area contributed by atoms with Crippen LogP contribution in [-0.4, -0.2) is 56.1 Å². The van der Waals surface area contributed by atoms with Crippen LogP contribution < -0.4 is 0 Å². The van der Waals surface area contributed by atoms with Gasteiger partial charge in [-0.2, -0.15) is 8.78 Å². The second-order valence-electron chi connectivity index (χ2n) is 8.01. The van der Waals surface area contributed by atoms with Crippen molar-refractivity contribution >= 4 is 15.7 Å². The summed E-state index contributed by atoms with van der Waals surface area (Å²) in [5, 5.41) is 0. The van der Waals surface area contributed by atoms with E-state index in [4.69, 9.17) is 0 Å². The SMILES string of the molecule is CC1CCN(C(=O)C2CCN(Cc3ccc(S(=O)(=O)C(F)F)cc3)CC2)CC1. The van der Waals surface area contributed by atoms with E-state index >= 15 is 0 Å². The van der Waals surface area contributed by atoms with Crippen molar-refractivity contribution in [2.75, 3.05) is 26.2 Å². The molecule has 0 N–H and O–H groups in total. The monoisotopic (exact) mass is 414 g/mol. The fourth-order valence-electron chi connectivity index (χ4n) is 3.97. The van der Waals surface area contributed by atoms with Gasteiger partial charge in [-0.25, -0.2) is 8.42 Å². The number of alkyl halides is 2. The second-order valence-corrected chi connectivity index (χ2v) is 9.93. The molecule has 1 aromatic carbocycles. The van der Waals surface area contributed by atoms with Crippen LogP contribution in [0.5, 0.6) is 0 Å². The van der Waals surface area contributed by atoms with Crippen LogP contribution in [0, 0.1) is 11.8 Å². The van der Waals surface area contributed by atoms with E-state index in [9.17, 15) is 22.0 Å². The van der Waals surface area contributed by atoms with Gasteiger partial charge in [0.1, 0.15) is 0 Å². The second kappa shape index (κ2) is 8.86. The van der Waals surface area contributed by atoms with Crippen LogP contribution in [0.2, 0.25) is 0 Å². The Labute approximate surface area is 165 Å². The molecule has 2 aliphatic rings. The van der Waals surface area contributed by atoms with E-state index in [1.54, 1.807) is 12.1 Å². The van der Waals surface area contributed by atoms with Crippen molar-refractivity contribution in [2.24, 2.45) is 11.8 Å². The first-order chi connectivity index (χ1) is 13.3. The third-order valence-corrected chi connectivity index (χ3v) is 7.32. The van der Waals surface area contributed by atoms with Gasteiger partial charge in [0.2, 0.25) is 15.7 Å². The Balaban J connectivity index is 1.50. The van der Waals surface area contributed by atoms with E-state index in [1.165, 1.54) is 12.1 Å². The zero-order valence-electron chi connectivity index (χ0n) is 16.2. The highest BCUT2D eigenvalue weighted by molar-refractivity contribution is 7.91. The van der Waals surface area contributed by atoms with Crippen molar-refractivity contribution in [2.45, 2.75) is 49.8 Å². The van der Waals surface area contributed by atoms with E-state index < -0.39 is 15.6 Å². The summed E-state index contributed by atoms with van der Waals surface area (Å²) in [4.78, 5) is 16.6. The maximum Gasteiger partial charge on any atom is 0.341 e. The van der Waals surface area contributed by atoms with Crippen LogP contribution in [0.15, 0.2) is 29.2 Å². The summed E-state index contributed by atoms with van der Waals surface area (Å²) >= 11 is 0.